The van der Waals surface area contributed by atoms with Gasteiger partial charge in [-0.15, -0.1) is 0 Å². The molecule has 5 heteroatoms. The van der Waals surface area contributed by atoms with E-state index < -0.39 is 5.41 Å². The molecule has 0 N–H and O–H groups in total. The molecule has 6 aromatic rings. The third kappa shape index (κ3) is 2.61. The second kappa shape index (κ2) is 7.81. The van der Waals surface area contributed by atoms with Crippen LogP contribution in [0.2, 0.25) is 5.02 Å². The number of aromatic nitrogens is 2. The van der Waals surface area contributed by atoms with Crippen molar-refractivity contribution < 1.29 is 4.74 Å². The van der Waals surface area contributed by atoms with E-state index in [9.17, 15) is 0 Å². The molecule has 0 saturated heterocycles. The topological polar surface area (TPSA) is 38.2 Å². The second-order valence-electron chi connectivity index (χ2n) is 10.3. The van der Waals surface area contributed by atoms with Crippen LogP contribution in [-0.4, -0.2) is 9.97 Å². The van der Waals surface area contributed by atoms with E-state index in [1.54, 1.807) is 6.20 Å². The van der Waals surface area contributed by atoms with Gasteiger partial charge in [-0.3, -0.25) is 9.97 Å². The molecule has 1 spiro atoms. The standard InChI is InChI=1S/C35H20ClN3O/c36-21-19-27-33(38-20-21)32-26(13-8-18-37-32)35(27)24-12-5-4-11-23(24)31-25(35)16-17-29-34(31)40-30-15-7-6-14-28(30)39(29)22-9-2-1-3-10-22/h1-20H. The summed E-state index contributed by atoms with van der Waals surface area (Å²) in [6.07, 6.45) is 3.55. The Morgan fingerprint density at radius 3 is 2.35 bits per heavy atom. The van der Waals surface area contributed by atoms with Gasteiger partial charge in [-0.1, -0.05) is 78.3 Å². The van der Waals surface area contributed by atoms with E-state index in [2.05, 4.69) is 89.8 Å². The van der Waals surface area contributed by atoms with Crippen LogP contribution in [0.5, 0.6) is 11.5 Å². The highest BCUT2D eigenvalue weighted by molar-refractivity contribution is 6.30. The summed E-state index contributed by atoms with van der Waals surface area (Å²) in [5.74, 6) is 1.67. The first-order valence-electron chi connectivity index (χ1n) is 13.3. The number of rotatable bonds is 1. The average molecular weight is 534 g/mol. The summed E-state index contributed by atoms with van der Waals surface area (Å²) >= 11 is 6.63. The van der Waals surface area contributed by atoms with Crippen molar-refractivity contribution in [2.45, 2.75) is 5.41 Å². The van der Waals surface area contributed by atoms with Crippen LogP contribution in [0.3, 0.4) is 0 Å². The van der Waals surface area contributed by atoms with Gasteiger partial charge in [0, 0.05) is 29.2 Å². The molecule has 40 heavy (non-hydrogen) atoms. The molecule has 9 rings (SSSR count). The summed E-state index contributed by atoms with van der Waals surface area (Å²) < 4.78 is 6.83. The SMILES string of the molecule is Clc1cnc2c(c1)C1(c3ccccc3-c3c1ccc1c3Oc3ccccc3N1c1ccccc1)c1cccnc1-2. The Kier molecular flexibility index (Phi) is 4.28. The predicted octanol–water partition coefficient (Wildman–Crippen LogP) is 9.05. The molecule has 1 unspecified atom stereocenters. The van der Waals surface area contributed by atoms with Crippen LogP contribution in [0, 0.1) is 0 Å². The Morgan fingerprint density at radius 1 is 0.650 bits per heavy atom. The molecular formula is C35H20ClN3O. The molecular weight excluding hydrogens is 514 g/mol. The lowest BCUT2D eigenvalue weighted by Gasteiger charge is -2.35. The van der Waals surface area contributed by atoms with Crippen LogP contribution in [0.4, 0.5) is 17.1 Å². The van der Waals surface area contributed by atoms with Gasteiger partial charge < -0.3 is 9.64 Å². The monoisotopic (exact) mass is 533 g/mol. The number of para-hydroxylation sites is 3. The fourth-order valence-corrected chi connectivity index (χ4v) is 7.12. The van der Waals surface area contributed by atoms with E-state index in [1.165, 1.54) is 5.56 Å². The zero-order chi connectivity index (χ0) is 26.4. The first kappa shape index (κ1) is 21.9. The number of benzene rings is 4. The molecule has 1 atom stereocenters. The van der Waals surface area contributed by atoms with Gasteiger partial charge in [-0.2, -0.15) is 0 Å². The van der Waals surface area contributed by atoms with Crippen LogP contribution < -0.4 is 9.64 Å². The van der Waals surface area contributed by atoms with Gasteiger partial charge in [0.1, 0.15) is 0 Å². The highest BCUT2D eigenvalue weighted by Crippen LogP contribution is 2.66. The number of halogens is 1. The fourth-order valence-electron chi connectivity index (χ4n) is 6.96. The quantitative estimate of drug-likeness (QED) is 0.211. The van der Waals surface area contributed by atoms with Crippen molar-refractivity contribution in [1.29, 1.82) is 0 Å². The lowest BCUT2D eigenvalue weighted by atomic mass is 9.71. The van der Waals surface area contributed by atoms with E-state index >= 15 is 0 Å². The normalized spacial score (nSPS) is 16.9. The summed E-state index contributed by atoms with van der Waals surface area (Å²) in [5, 5.41) is 0.607. The minimum atomic E-state index is -0.602. The van der Waals surface area contributed by atoms with Gasteiger partial charge >= 0.3 is 0 Å². The maximum Gasteiger partial charge on any atom is 0.159 e. The lowest BCUT2D eigenvalue weighted by Crippen LogP contribution is -2.26. The molecule has 188 valence electrons. The highest BCUT2D eigenvalue weighted by atomic mass is 35.5. The third-order valence-electron chi connectivity index (χ3n) is 8.41. The number of anilines is 3. The minimum Gasteiger partial charge on any atom is -0.452 e. The Labute approximate surface area is 236 Å². The molecule has 0 fully saturated rings. The van der Waals surface area contributed by atoms with Crippen LogP contribution in [0.25, 0.3) is 22.5 Å². The van der Waals surface area contributed by atoms with Gasteiger partial charge in [-0.25, -0.2) is 0 Å². The Morgan fingerprint density at radius 2 is 1.43 bits per heavy atom. The number of nitrogens with zero attached hydrogens (tertiary/aromatic N) is 3. The van der Waals surface area contributed by atoms with Crippen LogP contribution in [-0.2, 0) is 5.41 Å². The Hall–Kier alpha value is -4.93. The first-order chi connectivity index (χ1) is 19.8. The average Bonchev–Trinajstić information content (AvgIpc) is 3.47. The second-order valence-corrected chi connectivity index (χ2v) is 10.8. The summed E-state index contributed by atoms with van der Waals surface area (Å²) in [5.41, 5.74) is 11.0. The molecule has 3 heterocycles. The fraction of sp³-hybridized carbons (Fsp3) is 0.0286. The number of fused-ring (bicyclic) bond motifs is 13. The Bertz CT molecular complexity index is 2020. The molecule has 2 aromatic heterocycles. The molecule has 0 bridgehead atoms. The van der Waals surface area contributed by atoms with Crippen molar-refractivity contribution in [2.75, 3.05) is 4.90 Å². The summed E-state index contributed by atoms with van der Waals surface area (Å²) in [4.78, 5) is 11.9. The third-order valence-corrected chi connectivity index (χ3v) is 8.62. The molecule has 0 amide bonds. The molecule has 4 aromatic carbocycles. The Balaban J connectivity index is 1.41. The van der Waals surface area contributed by atoms with Gasteiger partial charge in [0.05, 0.1) is 33.2 Å². The summed E-state index contributed by atoms with van der Waals surface area (Å²) in [7, 11) is 0. The number of ether oxygens (including phenoxy) is 1. The van der Waals surface area contributed by atoms with Crippen molar-refractivity contribution in [1.82, 2.24) is 9.97 Å². The van der Waals surface area contributed by atoms with E-state index in [-0.39, 0.29) is 0 Å². The van der Waals surface area contributed by atoms with Gasteiger partial charge in [0.2, 0.25) is 0 Å². The van der Waals surface area contributed by atoms with Crippen molar-refractivity contribution in [3.8, 4) is 34.0 Å². The van der Waals surface area contributed by atoms with Gasteiger partial charge in [-0.05, 0) is 64.7 Å². The maximum absolute atomic E-state index is 6.83. The van der Waals surface area contributed by atoms with E-state index in [1.807, 2.05) is 30.5 Å². The molecule has 1 aliphatic heterocycles. The first-order valence-corrected chi connectivity index (χ1v) is 13.7. The smallest absolute Gasteiger partial charge is 0.159 e. The van der Waals surface area contributed by atoms with Crippen molar-refractivity contribution in [3.63, 3.8) is 0 Å². The van der Waals surface area contributed by atoms with Gasteiger partial charge in [0.15, 0.2) is 11.5 Å². The maximum atomic E-state index is 6.83. The van der Waals surface area contributed by atoms with E-state index in [0.717, 1.165) is 67.8 Å². The highest BCUT2D eigenvalue weighted by Gasteiger charge is 2.54. The van der Waals surface area contributed by atoms with Crippen molar-refractivity contribution in [3.05, 3.63) is 149 Å². The van der Waals surface area contributed by atoms with Crippen LogP contribution >= 0.6 is 11.6 Å². The molecule has 0 radical (unpaired) electrons. The van der Waals surface area contributed by atoms with Crippen LogP contribution in [0.1, 0.15) is 22.3 Å². The molecule has 4 nitrogen and oxygen atoms in total. The van der Waals surface area contributed by atoms with Crippen molar-refractivity contribution >= 4 is 28.7 Å². The summed E-state index contributed by atoms with van der Waals surface area (Å²) in [6.45, 7) is 0. The molecule has 3 aliphatic rings. The lowest BCUT2D eigenvalue weighted by molar-refractivity contribution is 0.478. The van der Waals surface area contributed by atoms with E-state index in [4.69, 9.17) is 26.3 Å². The van der Waals surface area contributed by atoms with Crippen molar-refractivity contribution in [2.24, 2.45) is 0 Å². The zero-order valence-electron chi connectivity index (χ0n) is 21.2. The minimum absolute atomic E-state index is 0.602. The largest absolute Gasteiger partial charge is 0.452 e. The predicted molar refractivity (Wildman–Crippen MR) is 158 cm³/mol. The van der Waals surface area contributed by atoms with Crippen LogP contribution in [0.15, 0.2) is 122 Å². The number of hydrogen-bond acceptors (Lipinski definition) is 4. The van der Waals surface area contributed by atoms with E-state index in [0.29, 0.717) is 5.02 Å². The molecule has 0 saturated carbocycles. The van der Waals surface area contributed by atoms with Gasteiger partial charge in [0.25, 0.3) is 0 Å². The molecule has 2 aliphatic carbocycles. The number of hydrogen-bond donors (Lipinski definition) is 0. The summed E-state index contributed by atoms with van der Waals surface area (Å²) in [6, 6.07) is 38.0. The number of pyridine rings is 2. The zero-order valence-corrected chi connectivity index (χ0v) is 21.9.